The van der Waals surface area contributed by atoms with Gasteiger partial charge in [0.1, 0.15) is 0 Å². The predicted octanol–water partition coefficient (Wildman–Crippen LogP) is 3.73. The molecule has 2 aromatic heterocycles. The quantitative estimate of drug-likeness (QED) is 0.257. The smallest absolute Gasteiger partial charge is 0.191 e. The summed E-state index contributed by atoms with van der Waals surface area (Å²) in [5, 5.41) is 11.2. The van der Waals surface area contributed by atoms with E-state index in [4.69, 9.17) is 0 Å². The number of thioether (sulfide) groups is 1. The molecule has 0 atom stereocenters. The Balaban J connectivity index is 1.53. The summed E-state index contributed by atoms with van der Waals surface area (Å²) in [6, 6.07) is 16.5. The number of pyridine rings is 1. The molecule has 0 unspecified atom stereocenters. The zero-order valence-electron chi connectivity index (χ0n) is 17.2. The van der Waals surface area contributed by atoms with Crippen molar-refractivity contribution in [2.75, 3.05) is 18.8 Å². The maximum Gasteiger partial charge on any atom is 0.191 e. The van der Waals surface area contributed by atoms with Crippen LogP contribution in [0, 0.1) is 13.8 Å². The first kappa shape index (κ1) is 20.9. The highest BCUT2D eigenvalue weighted by atomic mass is 32.2. The van der Waals surface area contributed by atoms with Crippen LogP contribution in [0.1, 0.15) is 23.9 Å². The molecule has 2 heterocycles. The highest BCUT2D eigenvalue weighted by Crippen LogP contribution is 2.15. The van der Waals surface area contributed by atoms with Crippen LogP contribution in [-0.4, -0.2) is 39.6 Å². The van der Waals surface area contributed by atoms with Crippen LogP contribution in [0.4, 0.5) is 0 Å². The van der Waals surface area contributed by atoms with E-state index in [1.807, 2.05) is 54.7 Å². The Bertz CT molecular complexity index is 918. The van der Waals surface area contributed by atoms with Crippen molar-refractivity contribution in [2.24, 2.45) is 4.99 Å². The molecule has 29 heavy (non-hydrogen) atoms. The number of aromatic nitrogens is 3. The van der Waals surface area contributed by atoms with Gasteiger partial charge in [0.05, 0.1) is 12.2 Å². The number of nitrogens with zero attached hydrogens (tertiary/aromatic N) is 4. The molecule has 0 aliphatic heterocycles. The lowest BCUT2D eigenvalue weighted by atomic mass is 10.3. The molecule has 0 spiro atoms. The first-order valence-electron chi connectivity index (χ1n) is 9.84. The summed E-state index contributed by atoms with van der Waals surface area (Å²) in [7, 11) is 0. The second-order valence-electron chi connectivity index (χ2n) is 6.65. The number of aryl methyl sites for hydroxylation is 2. The summed E-state index contributed by atoms with van der Waals surface area (Å²) in [6.45, 7) is 8.34. The van der Waals surface area contributed by atoms with Crippen LogP contribution in [0.2, 0.25) is 0 Å². The molecule has 0 radical (unpaired) electrons. The number of rotatable bonds is 8. The number of guanidine groups is 1. The van der Waals surface area contributed by atoms with Gasteiger partial charge in [-0.3, -0.25) is 0 Å². The first-order chi connectivity index (χ1) is 14.2. The molecule has 0 amide bonds. The standard InChI is InChI=1S/C22H28N6S/c1-4-23-22(24-12-13-29-20-8-6-5-7-9-20)26-16-19-10-11-21(25-15-19)28-18(3)14-17(2)27-28/h5-11,14-15H,4,12-13,16H2,1-3H3,(H2,23,24,26). The van der Waals surface area contributed by atoms with E-state index in [9.17, 15) is 0 Å². The lowest BCUT2D eigenvalue weighted by molar-refractivity contribution is 0.802. The molecule has 6 nitrogen and oxygen atoms in total. The fourth-order valence-electron chi connectivity index (χ4n) is 2.86. The van der Waals surface area contributed by atoms with Gasteiger partial charge in [0, 0.05) is 35.6 Å². The van der Waals surface area contributed by atoms with Gasteiger partial charge in [-0.05, 0) is 50.6 Å². The summed E-state index contributed by atoms with van der Waals surface area (Å²) in [4.78, 5) is 10.5. The molecule has 0 aliphatic carbocycles. The van der Waals surface area contributed by atoms with Gasteiger partial charge in [-0.1, -0.05) is 24.3 Å². The first-order valence-corrected chi connectivity index (χ1v) is 10.8. The molecule has 0 saturated heterocycles. The van der Waals surface area contributed by atoms with Crippen LogP contribution < -0.4 is 10.6 Å². The Kier molecular flexibility index (Phi) is 7.69. The topological polar surface area (TPSA) is 67.1 Å². The largest absolute Gasteiger partial charge is 0.357 e. The van der Waals surface area contributed by atoms with Crippen molar-refractivity contribution in [3.05, 3.63) is 71.7 Å². The number of hydrogen-bond acceptors (Lipinski definition) is 4. The Morgan fingerprint density at radius 2 is 1.93 bits per heavy atom. The van der Waals surface area contributed by atoms with Gasteiger partial charge in [-0.2, -0.15) is 5.10 Å². The Morgan fingerprint density at radius 1 is 1.10 bits per heavy atom. The Morgan fingerprint density at radius 3 is 2.59 bits per heavy atom. The number of hydrogen-bond donors (Lipinski definition) is 2. The zero-order chi connectivity index (χ0) is 20.5. The molecule has 3 aromatic rings. The van der Waals surface area contributed by atoms with Crippen molar-refractivity contribution in [3.8, 4) is 5.82 Å². The van der Waals surface area contributed by atoms with E-state index in [1.54, 1.807) is 0 Å². The number of benzene rings is 1. The minimum Gasteiger partial charge on any atom is -0.357 e. The highest BCUT2D eigenvalue weighted by Gasteiger charge is 2.05. The zero-order valence-corrected chi connectivity index (χ0v) is 18.0. The molecular formula is C22H28N6S. The second-order valence-corrected chi connectivity index (χ2v) is 7.82. The van der Waals surface area contributed by atoms with Crippen LogP contribution in [0.3, 0.4) is 0 Å². The Labute approximate surface area is 176 Å². The minimum absolute atomic E-state index is 0.575. The van der Waals surface area contributed by atoms with E-state index in [-0.39, 0.29) is 0 Å². The maximum absolute atomic E-state index is 4.68. The monoisotopic (exact) mass is 408 g/mol. The summed E-state index contributed by atoms with van der Waals surface area (Å²) >= 11 is 1.83. The van der Waals surface area contributed by atoms with Gasteiger partial charge >= 0.3 is 0 Å². The van der Waals surface area contributed by atoms with Gasteiger partial charge in [0.15, 0.2) is 11.8 Å². The third-order valence-corrected chi connectivity index (χ3v) is 5.22. The molecule has 0 saturated carbocycles. The van der Waals surface area contributed by atoms with Crippen LogP contribution in [0.5, 0.6) is 0 Å². The third kappa shape index (κ3) is 6.35. The third-order valence-electron chi connectivity index (χ3n) is 4.21. The van der Waals surface area contributed by atoms with E-state index in [0.717, 1.165) is 47.6 Å². The second kappa shape index (κ2) is 10.7. The fourth-order valence-corrected chi connectivity index (χ4v) is 3.65. The minimum atomic E-state index is 0.575. The fraction of sp³-hybridized carbons (Fsp3) is 0.318. The van der Waals surface area contributed by atoms with Crippen LogP contribution in [0.25, 0.3) is 5.82 Å². The summed E-state index contributed by atoms with van der Waals surface area (Å²) < 4.78 is 1.86. The normalized spacial score (nSPS) is 11.5. The van der Waals surface area contributed by atoms with Crippen molar-refractivity contribution < 1.29 is 0 Å². The number of nitrogens with one attached hydrogen (secondary N) is 2. The van der Waals surface area contributed by atoms with Gasteiger partial charge < -0.3 is 10.6 Å². The molecular weight excluding hydrogens is 380 g/mol. The van der Waals surface area contributed by atoms with Crippen molar-refractivity contribution in [2.45, 2.75) is 32.2 Å². The Hall–Kier alpha value is -2.80. The van der Waals surface area contributed by atoms with Crippen molar-refractivity contribution in [1.29, 1.82) is 0 Å². The summed E-state index contributed by atoms with van der Waals surface area (Å²) in [6.07, 6.45) is 1.87. The summed E-state index contributed by atoms with van der Waals surface area (Å²) in [5.74, 6) is 2.63. The molecule has 3 rings (SSSR count). The van der Waals surface area contributed by atoms with E-state index in [2.05, 4.69) is 63.0 Å². The molecule has 152 valence electrons. The van der Waals surface area contributed by atoms with Gasteiger partial charge in [0.25, 0.3) is 0 Å². The van der Waals surface area contributed by atoms with Gasteiger partial charge in [0.2, 0.25) is 0 Å². The lowest BCUT2D eigenvalue weighted by Gasteiger charge is -2.11. The van der Waals surface area contributed by atoms with E-state index < -0.39 is 0 Å². The summed E-state index contributed by atoms with van der Waals surface area (Å²) in [5.41, 5.74) is 3.13. The van der Waals surface area contributed by atoms with Crippen molar-refractivity contribution in [3.63, 3.8) is 0 Å². The van der Waals surface area contributed by atoms with E-state index >= 15 is 0 Å². The molecule has 2 N–H and O–H groups in total. The maximum atomic E-state index is 4.68. The molecule has 7 heteroatoms. The van der Waals surface area contributed by atoms with Gasteiger partial charge in [-0.25, -0.2) is 14.7 Å². The average molecular weight is 409 g/mol. The van der Waals surface area contributed by atoms with Crippen LogP contribution in [-0.2, 0) is 6.54 Å². The van der Waals surface area contributed by atoms with E-state index in [0.29, 0.717) is 6.54 Å². The van der Waals surface area contributed by atoms with Crippen LogP contribution >= 0.6 is 11.8 Å². The average Bonchev–Trinajstić information content (AvgIpc) is 3.08. The SMILES string of the molecule is CCNC(=NCc1ccc(-n2nc(C)cc2C)nc1)NCCSc1ccccc1. The predicted molar refractivity (Wildman–Crippen MR) is 121 cm³/mol. The van der Waals surface area contributed by atoms with Crippen LogP contribution in [0.15, 0.2) is 64.6 Å². The van der Waals surface area contributed by atoms with E-state index in [1.165, 1.54) is 4.90 Å². The molecule has 0 aliphatic rings. The molecule has 1 aromatic carbocycles. The molecule has 0 fully saturated rings. The van der Waals surface area contributed by atoms with Crippen molar-refractivity contribution in [1.82, 2.24) is 25.4 Å². The van der Waals surface area contributed by atoms with Gasteiger partial charge in [-0.15, -0.1) is 11.8 Å². The molecule has 0 bridgehead atoms. The lowest BCUT2D eigenvalue weighted by Crippen LogP contribution is -2.38. The number of aliphatic imine (C=N–C) groups is 1. The van der Waals surface area contributed by atoms with Crippen molar-refractivity contribution >= 4 is 17.7 Å². The highest BCUT2D eigenvalue weighted by molar-refractivity contribution is 7.99.